The highest BCUT2D eigenvalue weighted by molar-refractivity contribution is 5.66. The van der Waals surface area contributed by atoms with Crippen molar-refractivity contribution in [2.45, 2.75) is 33.1 Å². The maximum atomic E-state index is 13.2. The number of halogens is 3. The van der Waals surface area contributed by atoms with Crippen LogP contribution in [0.2, 0.25) is 0 Å². The fourth-order valence-electron chi connectivity index (χ4n) is 2.23. The number of ether oxygens (including phenoxy) is 2. The number of alkyl halides is 3. The number of carbonyl (C=O) groups excluding carboxylic acids is 1. The molecule has 6 heteroatoms. The molecule has 0 atom stereocenters. The fraction of sp³-hybridized carbons (Fsp3) is 0.278. The lowest BCUT2D eigenvalue weighted by molar-refractivity contribution is -0.138. The largest absolute Gasteiger partial charge is 0.514 e. The molecule has 2 aromatic carbocycles. The van der Waals surface area contributed by atoms with Gasteiger partial charge in [-0.25, -0.2) is 4.79 Å². The van der Waals surface area contributed by atoms with Crippen molar-refractivity contribution in [3.63, 3.8) is 0 Å². The van der Waals surface area contributed by atoms with Gasteiger partial charge in [0.1, 0.15) is 12.4 Å². The van der Waals surface area contributed by atoms with E-state index >= 15 is 0 Å². The first kappa shape index (κ1) is 17.8. The van der Waals surface area contributed by atoms with Crippen LogP contribution in [0.4, 0.5) is 18.0 Å². The van der Waals surface area contributed by atoms with E-state index in [4.69, 9.17) is 9.47 Å². The summed E-state index contributed by atoms with van der Waals surface area (Å²) < 4.78 is 49.4. The third-order valence-corrected chi connectivity index (χ3v) is 3.43. The molecule has 0 bridgehead atoms. The molecule has 2 rings (SSSR count). The van der Waals surface area contributed by atoms with Crippen molar-refractivity contribution in [3.05, 3.63) is 64.7 Å². The Morgan fingerprint density at radius 1 is 1.08 bits per heavy atom. The van der Waals surface area contributed by atoms with Gasteiger partial charge in [0.15, 0.2) is 0 Å². The van der Waals surface area contributed by atoms with E-state index in [0.717, 1.165) is 6.07 Å². The van der Waals surface area contributed by atoms with Crippen LogP contribution in [0.5, 0.6) is 5.75 Å². The topological polar surface area (TPSA) is 35.5 Å². The Morgan fingerprint density at radius 2 is 1.75 bits per heavy atom. The Hall–Kier alpha value is -2.50. The van der Waals surface area contributed by atoms with Crippen LogP contribution < -0.4 is 4.74 Å². The van der Waals surface area contributed by atoms with Crippen LogP contribution in [0.1, 0.15) is 29.2 Å². The second-order valence-corrected chi connectivity index (χ2v) is 5.27. The lowest BCUT2D eigenvalue weighted by atomic mass is 10.0. The summed E-state index contributed by atoms with van der Waals surface area (Å²) in [5.74, 6) is -0.516. The van der Waals surface area contributed by atoms with Crippen molar-refractivity contribution in [2.75, 3.05) is 0 Å². The van der Waals surface area contributed by atoms with E-state index in [1.54, 1.807) is 43.3 Å². The quantitative estimate of drug-likeness (QED) is 0.561. The van der Waals surface area contributed by atoms with Crippen molar-refractivity contribution in [3.8, 4) is 5.75 Å². The Bertz CT molecular complexity index is 709. The summed E-state index contributed by atoms with van der Waals surface area (Å²) in [4.78, 5) is 11.8. The van der Waals surface area contributed by atoms with Gasteiger partial charge >= 0.3 is 12.3 Å². The number of rotatable bonds is 4. The van der Waals surface area contributed by atoms with E-state index < -0.39 is 23.6 Å². The molecule has 0 unspecified atom stereocenters. The number of carbonyl (C=O) groups is 1. The minimum atomic E-state index is -4.62. The fourth-order valence-corrected chi connectivity index (χ4v) is 2.23. The zero-order valence-electron chi connectivity index (χ0n) is 13.3. The monoisotopic (exact) mass is 338 g/mol. The molecule has 2 aromatic rings. The van der Waals surface area contributed by atoms with E-state index in [-0.39, 0.29) is 12.2 Å². The van der Waals surface area contributed by atoms with E-state index in [2.05, 4.69) is 0 Å². The molecule has 24 heavy (non-hydrogen) atoms. The van der Waals surface area contributed by atoms with Crippen molar-refractivity contribution < 1.29 is 27.4 Å². The molecular formula is C18H17F3O3. The SMILES string of the molecule is CCc1cc(C)c(OC(=O)OCc2ccccc2)c(C(F)(F)F)c1. The third-order valence-electron chi connectivity index (χ3n) is 3.43. The van der Waals surface area contributed by atoms with Gasteiger partial charge in [0, 0.05) is 0 Å². The summed E-state index contributed by atoms with van der Waals surface area (Å²) in [5.41, 5.74) is 0.489. The third kappa shape index (κ3) is 4.50. The van der Waals surface area contributed by atoms with Crippen LogP contribution in [0.3, 0.4) is 0 Å². The zero-order valence-corrected chi connectivity index (χ0v) is 13.3. The molecule has 0 radical (unpaired) electrons. The van der Waals surface area contributed by atoms with Gasteiger partial charge in [-0.15, -0.1) is 0 Å². The van der Waals surface area contributed by atoms with Gasteiger partial charge in [-0.3, -0.25) is 0 Å². The lowest BCUT2D eigenvalue weighted by Crippen LogP contribution is -2.16. The van der Waals surface area contributed by atoms with Gasteiger partial charge in [0.05, 0.1) is 5.56 Å². The van der Waals surface area contributed by atoms with Crippen LogP contribution >= 0.6 is 0 Å². The maximum Gasteiger partial charge on any atom is 0.514 e. The Kier molecular flexibility index (Phi) is 5.49. The summed E-state index contributed by atoms with van der Waals surface area (Å²) in [7, 11) is 0. The Balaban J connectivity index is 2.17. The molecule has 0 aliphatic carbocycles. The Labute approximate surface area is 138 Å². The number of benzene rings is 2. The maximum absolute atomic E-state index is 13.2. The van der Waals surface area contributed by atoms with E-state index in [9.17, 15) is 18.0 Å². The van der Waals surface area contributed by atoms with Crippen molar-refractivity contribution >= 4 is 6.16 Å². The average Bonchev–Trinajstić information content (AvgIpc) is 2.54. The molecule has 0 aliphatic rings. The first-order chi connectivity index (χ1) is 11.3. The summed E-state index contributed by atoms with van der Waals surface area (Å²) in [6, 6.07) is 11.3. The summed E-state index contributed by atoms with van der Waals surface area (Å²) in [5, 5.41) is 0. The molecule has 0 amide bonds. The minimum absolute atomic E-state index is 0.0763. The van der Waals surface area contributed by atoms with Crippen molar-refractivity contribution in [1.29, 1.82) is 0 Å². The van der Waals surface area contributed by atoms with Gasteiger partial charge in [0.25, 0.3) is 0 Å². The van der Waals surface area contributed by atoms with E-state index in [1.165, 1.54) is 6.92 Å². The van der Waals surface area contributed by atoms with Crippen LogP contribution in [0.25, 0.3) is 0 Å². The predicted octanol–water partition coefficient (Wildman–Crippen LogP) is 5.29. The highest BCUT2D eigenvalue weighted by Gasteiger charge is 2.36. The van der Waals surface area contributed by atoms with Crippen molar-refractivity contribution in [1.82, 2.24) is 0 Å². The van der Waals surface area contributed by atoms with Crippen LogP contribution in [-0.4, -0.2) is 6.16 Å². The van der Waals surface area contributed by atoms with Gasteiger partial charge in [0.2, 0.25) is 0 Å². The molecule has 0 heterocycles. The normalized spacial score (nSPS) is 11.2. The molecule has 3 nitrogen and oxygen atoms in total. The number of hydrogen-bond acceptors (Lipinski definition) is 3. The summed E-state index contributed by atoms with van der Waals surface area (Å²) >= 11 is 0. The molecule has 0 saturated heterocycles. The molecule has 0 fully saturated rings. The van der Waals surface area contributed by atoms with Gasteiger partial charge in [-0.1, -0.05) is 43.3 Å². The first-order valence-corrected chi connectivity index (χ1v) is 7.40. The molecule has 0 N–H and O–H groups in total. The van der Waals surface area contributed by atoms with Crippen molar-refractivity contribution in [2.24, 2.45) is 0 Å². The molecule has 0 spiro atoms. The molecular weight excluding hydrogens is 321 g/mol. The van der Waals surface area contributed by atoms with E-state index in [0.29, 0.717) is 17.5 Å². The van der Waals surface area contributed by atoms with Crippen LogP contribution in [0, 0.1) is 6.92 Å². The highest BCUT2D eigenvalue weighted by Crippen LogP contribution is 2.39. The van der Waals surface area contributed by atoms with E-state index in [1.807, 2.05) is 0 Å². The van der Waals surface area contributed by atoms with Gasteiger partial charge in [-0.2, -0.15) is 13.2 Å². The lowest BCUT2D eigenvalue weighted by Gasteiger charge is -2.16. The predicted molar refractivity (Wildman–Crippen MR) is 82.8 cm³/mol. The van der Waals surface area contributed by atoms with Crippen LogP contribution in [0.15, 0.2) is 42.5 Å². The zero-order chi connectivity index (χ0) is 17.7. The highest BCUT2D eigenvalue weighted by atomic mass is 19.4. The average molecular weight is 338 g/mol. The molecule has 0 aliphatic heterocycles. The molecule has 128 valence electrons. The second kappa shape index (κ2) is 7.38. The molecule has 0 saturated carbocycles. The van der Waals surface area contributed by atoms with Gasteiger partial charge in [-0.05, 0) is 36.1 Å². The second-order valence-electron chi connectivity index (χ2n) is 5.27. The summed E-state index contributed by atoms with van der Waals surface area (Å²) in [6.45, 7) is 3.14. The standard InChI is InChI=1S/C18H17F3O3/c1-3-13-9-12(2)16(15(10-13)18(19,20)21)24-17(22)23-11-14-7-5-4-6-8-14/h4-10H,3,11H2,1-2H3. The van der Waals surface area contributed by atoms with Gasteiger partial charge < -0.3 is 9.47 Å². The van der Waals surface area contributed by atoms with Crippen LogP contribution in [-0.2, 0) is 23.9 Å². The number of hydrogen-bond donors (Lipinski definition) is 0. The minimum Gasteiger partial charge on any atom is -0.429 e. The molecule has 0 aromatic heterocycles. The number of aryl methyl sites for hydroxylation is 2. The Morgan fingerprint density at radius 3 is 2.33 bits per heavy atom. The summed E-state index contributed by atoms with van der Waals surface area (Å²) in [6.07, 6.45) is -5.34. The first-order valence-electron chi connectivity index (χ1n) is 7.40. The smallest absolute Gasteiger partial charge is 0.429 e.